The molecule has 2 aromatic rings. The van der Waals surface area contributed by atoms with Gasteiger partial charge in [-0.2, -0.15) is 0 Å². The van der Waals surface area contributed by atoms with Crippen molar-refractivity contribution in [1.29, 1.82) is 0 Å². The SMILES string of the molecule is CN=C(NCCc1c[nH]c2ccccc12)NC1CCCCC1. The first-order valence-electron chi connectivity index (χ1n) is 8.39. The Morgan fingerprint density at radius 1 is 1.23 bits per heavy atom. The molecule has 0 bridgehead atoms. The second-order valence-corrected chi connectivity index (χ2v) is 6.09. The van der Waals surface area contributed by atoms with Crippen molar-refractivity contribution in [2.45, 2.75) is 44.6 Å². The molecule has 0 aliphatic heterocycles. The number of nitrogens with zero attached hydrogens (tertiary/aromatic N) is 1. The summed E-state index contributed by atoms with van der Waals surface area (Å²) < 4.78 is 0. The summed E-state index contributed by atoms with van der Waals surface area (Å²) in [7, 11) is 1.85. The molecule has 1 aliphatic carbocycles. The van der Waals surface area contributed by atoms with Gasteiger partial charge in [-0.05, 0) is 30.9 Å². The molecule has 22 heavy (non-hydrogen) atoms. The molecule has 4 nitrogen and oxygen atoms in total. The van der Waals surface area contributed by atoms with Crippen LogP contribution in [0.3, 0.4) is 0 Å². The van der Waals surface area contributed by atoms with Gasteiger partial charge in [-0.15, -0.1) is 0 Å². The molecule has 0 spiro atoms. The number of para-hydroxylation sites is 1. The van der Waals surface area contributed by atoms with E-state index in [1.54, 1.807) is 0 Å². The first kappa shape index (κ1) is 14.9. The normalized spacial score (nSPS) is 16.9. The van der Waals surface area contributed by atoms with Crippen LogP contribution in [0.25, 0.3) is 10.9 Å². The van der Waals surface area contributed by atoms with E-state index in [9.17, 15) is 0 Å². The van der Waals surface area contributed by atoms with Gasteiger partial charge in [0, 0.05) is 36.7 Å². The predicted molar refractivity (Wildman–Crippen MR) is 93.4 cm³/mol. The van der Waals surface area contributed by atoms with E-state index >= 15 is 0 Å². The minimum Gasteiger partial charge on any atom is -0.361 e. The van der Waals surface area contributed by atoms with Crippen LogP contribution in [0, 0.1) is 0 Å². The molecule has 4 heteroatoms. The van der Waals surface area contributed by atoms with Gasteiger partial charge in [0.15, 0.2) is 5.96 Å². The van der Waals surface area contributed by atoms with Crippen LogP contribution in [0.15, 0.2) is 35.5 Å². The zero-order valence-corrected chi connectivity index (χ0v) is 13.4. The zero-order valence-electron chi connectivity index (χ0n) is 13.4. The fourth-order valence-corrected chi connectivity index (χ4v) is 3.29. The Morgan fingerprint density at radius 3 is 2.86 bits per heavy atom. The monoisotopic (exact) mass is 298 g/mol. The minimum atomic E-state index is 0.591. The summed E-state index contributed by atoms with van der Waals surface area (Å²) in [6.07, 6.45) is 9.70. The molecule has 0 unspecified atom stereocenters. The molecule has 1 aliphatic rings. The molecule has 0 radical (unpaired) electrons. The Bertz CT molecular complexity index is 623. The first-order valence-corrected chi connectivity index (χ1v) is 8.39. The second kappa shape index (κ2) is 7.34. The number of fused-ring (bicyclic) bond motifs is 1. The molecular formula is C18H26N4. The number of aromatic amines is 1. The van der Waals surface area contributed by atoms with Gasteiger partial charge < -0.3 is 15.6 Å². The third-order valence-corrected chi connectivity index (χ3v) is 4.53. The second-order valence-electron chi connectivity index (χ2n) is 6.09. The lowest BCUT2D eigenvalue weighted by Gasteiger charge is -2.24. The van der Waals surface area contributed by atoms with Gasteiger partial charge in [0.2, 0.25) is 0 Å². The molecule has 0 amide bonds. The Kier molecular flexibility index (Phi) is 4.99. The summed E-state index contributed by atoms with van der Waals surface area (Å²) in [4.78, 5) is 7.68. The molecule has 3 N–H and O–H groups in total. The summed E-state index contributed by atoms with van der Waals surface area (Å²) >= 11 is 0. The number of rotatable bonds is 4. The van der Waals surface area contributed by atoms with Gasteiger partial charge in [0.05, 0.1) is 0 Å². The Balaban J connectivity index is 1.50. The molecule has 1 heterocycles. The fourth-order valence-electron chi connectivity index (χ4n) is 3.29. The number of hydrogen-bond donors (Lipinski definition) is 3. The van der Waals surface area contributed by atoms with Gasteiger partial charge in [-0.3, -0.25) is 4.99 Å². The van der Waals surface area contributed by atoms with Crippen molar-refractivity contribution in [3.05, 3.63) is 36.0 Å². The molecule has 1 fully saturated rings. The zero-order chi connectivity index (χ0) is 15.2. The van der Waals surface area contributed by atoms with Crippen molar-refractivity contribution in [3.63, 3.8) is 0 Å². The highest BCUT2D eigenvalue weighted by Crippen LogP contribution is 2.18. The van der Waals surface area contributed by atoms with Crippen molar-refractivity contribution in [2.24, 2.45) is 4.99 Å². The number of aromatic nitrogens is 1. The fraction of sp³-hybridized carbons (Fsp3) is 0.500. The van der Waals surface area contributed by atoms with Crippen LogP contribution in [-0.2, 0) is 6.42 Å². The van der Waals surface area contributed by atoms with E-state index < -0.39 is 0 Å². The third-order valence-electron chi connectivity index (χ3n) is 4.53. The summed E-state index contributed by atoms with van der Waals surface area (Å²) in [6, 6.07) is 9.05. The van der Waals surface area contributed by atoms with E-state index in [0.29, 0.717) is 6.04 Å². The van der Waals surface area contributed by atoms with E-state index in [1.165, 1.54) is 48.6 Å². The van der Waals surface area contributed by atoms with Crippen molar-refractivity contribution in [3.8, 4) is 0 Å². The average Bonchev–Trinajstić information content (AvgIpc) is 2.98. The van der Waals surface area contributed by atoms with Gasteiger partial charge in [-0.25, -0.2) is 0 Å². The van der Waals surface area contributed by atoms with Crippen LogP contribution in [0.1, 0.15) is 37.7 Å². The minimum absolute atomic E-state index is 0.591. The highest BCUT2D eigenvalue weighted by atomic mass is 15.2. The van der Waals surface area contributed by atoms with E-state index in [-0.39, 0.29) is 0 Å². The van der Waals surface area contributed by atoms with Crippen LogP contribution in [-0.4, -0.2) is 30.6 Å². The van der Waals surface area contributed by atoms with E-state index in [1.807, 2.05) is 7.05 Å². The molecule has 3 rings (SSSR count). The largest absolute Gasteiger partial charge is 0.361 e. The van der Waals surface area contributed by atoms with E-state index in [2.05, 4.69) is 51.1 Å². The number of hydrogen-bond acceptors (Lipinski definition) is 1. The lowest BCUT2D eigenvalue weighted by molar-refractivity contribution is 0.410. The lowest BCUT2D eigenvalue weighted by Crippen LogP contribution is -2.44. The highest BCUT2D eigenvalue weighted by Gasteiger charge is 2.14. The van der Waals surface area contributed by atoms with Crippen molar-refractivity contribution in [2.75, 3.05) is 13.6 Å². The highest BCUT2D eigenvalue weighted by molar-refractivity contribution is 5.83. The standard InChI is InChI=1S/C18H26N4/c1-19-18(22-15-7-3-2-4-8-15)20-12-11-14-13-21-17-10-6-5-9-16(14)17/h5-6,9-10,13,15,21H,2-4,7-8,11-12H2,1H3,(H2,19,20,22). The van der Waals surface area contributed by atoms with Crippen molar-refractivity contribution < 1.29 is 0 Å². The van der Waals surface area contributed by atoms with Gasteiger partial charge in [0.1, 0.15) is 0 Å². The van der Waals surface area contributed by atoms with Crippen LogP contribution in [0.5, 0.6) is 0 Å². The molecule has 1 aromatic heterocycles. The topological polar surface area (TPSA) is 52.2 Å². The van der Waals surface area contributed by atoms with Gasteiger partial charge in [0.25, 0.3) is 0 Å². The number of aliphatic imine (C=N–C) groups is 1. The molecule has 1 aromatic carbocycles. The summed E-state index contributed by atoms with van der Waals surface area (Å²) in [5.41, 5.74) is 2.57. The van der Waals surface area contributed by atoms with E-state index in [4.69, 9.17) is 0 Å². The van der Waals surface area contributed by atoms with Crippen LogP contribution < -0.4 is 10.6 Å². The van der Waals surface area contributed by atoms with Gasteiger partial charge >= 0.3 is 0 Å². The predicted octanol–water partition coefficient (Wildman–Crippen LogP) is 3.21. The first-order chi connectivity index (χ1) is 10.9. The maximum absolute atomic E-state index is 4.35. The summed E-state index contributed by atoms with van der Waals surface area (Å²) in [5, 5.41) is 8.32. The molecule has 1 saturated carbocycles. The number of H-pyrrole nitrogens is 1. The third kappa shape index (κ3) is 3.62. The number of benzene rings is 1. The van der Waals surface area contributed by atoms with E-state index in [0.717, 1.165) is 18.9 Å². The quantitative estimate of drug-likeness (QED) is 0.600. The summed E-state index contributed by atoms with van der Waals surface area (Å²) in [5.74, 6) is 0.937. The molecule has 118 valence electrons. The Hall–Kier alpha value is -1.97. The van der Waals surface area contributed by atoms with Crippen LogP contribution >= 0.6 is 0 Å². The maximum atomic E-state index is 4.35. The average molecular weight is 298 g/mol. The Morgan fingerprint density at radius 2 is 2.05 bits per heavy atom. The lowest BCUT2D eigenvalue weighted by atomic mass is 9.96. The smallest absolute Gasteiger partial charge is 0.191 e. The van der Waals surface area contributed by atoms with Crippen molar-refractivity contribution >= 4 is 16.9 Å². The van der Waals surface area contributed by atoms with Gasteiger partial charge in [-0.1, -0.05) is 37.5 Å². The van der Waals surface area contributed by atoms with Crippen molar-refractivity contribution in [1.82, 2.24) is 15.6 Å². The molecule has 0 saturated heterocycles. The maximum Gasteiger partial charge on any atom is 0.191 e. The Labute approximate surface area is 132 Å². The van der Waals surface area contributed by atoms with Crippen LogP contribution in [0.2, 0.25) is 0 Å². The molecule has 0 atom stereocenters. The summed E-state index contributed by atoms with van der Waals surface area (Å²) in [6.45, 7) is 0.897. The molecular weight excluding hydrogens is 272 g/mol. The number of nitrogens with one attached hydrogen (secondary N) is 3. The number of guanidine groups is 1. The van der Waals surface area contributed by atoms with Crippen LogP contribution in [0.4, 0.5) is 0 Å².